The maximum atomic E-state index is 12.5. The van der Waals surface area contributed by atoms with Crippen molar-refractivity contribution in [1.82, 2.24) is 9.80 Å². The molecule has 1 atom stereocenters. The van der Waals surface area contributed by atoms with Crippen molar-refractivity contribution in [2.45, 2.75) is 19.3 Å². The van der Waals surface area contributed by atoms with Crippen molar-refractivity contribution in [1.29, 1.82) is 0 Å². The van der Waals surface area contributed by atoms with Gasteiger partial charge in [-0.3, -0.25) is 4.79 Å². The first-order chi connectivity index (χ1) is 11.5. The summed E-state index contributed by atoms with van der Waals surface area (Å²) in [6, 6.07) is 6.54. The van der Waals surface area contributed by atoms with Gasteiger partial charge in [-0.05, 0) is 56.6 Å². The molecule has 0 aromatic heterocycles. The average Bonchev–Trinajstić information content (AvgIpc) is 2.93. The molecule has 0 aliphatic carbocycles. The van der Waals surface area contributed by atoms with Gasteiger partial charge in [-0.25, -0.2) is 4.79 Å². The smallest absolute Gasteiger partial charge is 0.335 e. The van der Waals surface area contributed by atoms with E-state index < -0.39 is 5.97 Å². The number of aromatic carboxylic acids is 1. The van der Waals surface area contributed by atoms with Gasteiger partial charge in [0.15, 0.2) is 0 Å². The zero-order valence-electron chi connectivity index (χ0n) is 14.1. The molecule has 2 aliphatic heterocycles. The summed E-state index contributed by atoms with van der Waals surface area (Å²) in [5, 5.41) is 8.90. The number of amides is 1. The highest BCUT2D eigenvalue weighted by Gasteiger charge is 2.40. The fraction of sp³-hybridized carbons (Fsp3) is 0.474. The third-order valence-electron chi connectivity index (χ3n) is 5.18. The number of carboxylic acids is 1. The monoisotopic (exact) mass is 328 g/mol. The molecule has 1 spiro atoms. The highest BCUT2D eigenvalue weighted by Crippen LogP contribution is 2.38. The van der Waals surface area contributed by atoms with Gasteiger partial charge < -0.3 is 14.9 Å². The third-order valence-corrected chi connectivity index (χ3v) is 5.18. The van der Waals surface area contributed by atoms with Gasteiger partial charge in [0.05, 0.1) is 5.56 Å². The van der Waals surface area contributed by atoms with Gasteiger partial charge in [0.1, 0.15) is 0 Å². The third kappa shape index (κ3) is 3.67. The van der Waals surface area contributed by atoms with Crippen LogP contribution in [0.3, 0.4) is 0 Å². The number of carboxylic acid groups (broad SMARTS) is 1. The quantitative estimate of drug-likeness (QED) is 0.865. The summed E-state index contributed by atoms with van der Waals surface area (Å²) in [5.74, 6) is -0.896. The molecule has 0 radical (unpaired) electrons. The number of rotatable bonds is 3. The van der Waals surface area contributed by atoms with Gasteiger partial charge in [0, 0.05) is 31.1 Å². The Labute approximate surface area is 142 Å². The lowest BCUT2D eigenvalue weighted by atomic mass is 9.79. The first kappa shape index (κ1) is 16.7. The molecule has 1 unspecified atom stereocenters. The molecule has 2 heterocycles. The summed E-state index contributed by atoms with van der Waals surface area (Å²) < 4.78 is 0. The Morgan fingerprint density at radius 1 is 1.12 bits per heavy atom. The van der Waals surface area contributed by atoms with Crippen LogP contribution in [-0.4, -0.2) is 60.0 Å². The lowest BCUT2D eigenvalue weighted by Gasteiger charge is -2.40. The lowest BCUT2D eigenvalue weighted by Crippen LogP contribution is -2.46. The van der Waals surface area contributed by atoms with Crippen LogP contribution in [0, 0.1) is 5.41 Å². The lowest BCUT2D eigenvalue weighted by molar-refractivity contribution is -0.129. The van der Waals surface area contributed by atoms with Gasteiger partial charge in [0.2, 0.25) is 5.91 Å². The van der Waals surface area contributed by atoms with E-state index in [4.69, 9.17) is 5.11 Å². The first-order valence-corrected chi connectivity index (χ1v) is 8.46. The molecule has 0 saturated carbocycles. The maximum Gasteiger partial charge on any atom is 0.335 e. The summed E-state index contributed by atoms with van der Waals surface area (Å²) in [6.07, 6.45) is 6.82. The van der Waals surface area contributed by atoms with Crippen molar-refractivity contribution in [3.8, 4) is 0 Å². The Balaban J connectivity index is 1.62. The predicted octanol–water partition coefficient (Wildman–Crippen LogP) is 2.34. The van der Waals surface area contributed by atoms with E-state index in [-0.39, 0.29) is 16.9 Å². The molecular formula is C19H24N2O3. The van der Waals surface area contributed by atoms with Crippen LogP contribution in [-0.2, 0) is 4.79 Å². The Kier molecular flexibility index (Phi) is 4.71. The molecule has 1 aromatic carbocycles. The van der Waals surface area contributed by atoms with Crippen molar-refractivity contribution in [2.75, 3.05) is 33.2 Å². The van der Waals surface area contributed by atoms with E-state index in [0.29, 0.717) is 0 Å². The number of benzene rings is 1. The second-order valence-electron chi connectivity index (χ2n) is 7.11. The SMILES string of the molecule is CN1CCC2(CCCN(C(=O)/C=C/c3ccc(C(=O)O)cc3)C2)C1. The molecule has 2 aliphatic rings. The molecule has 2 saturated heterocycles. The average molecular weight is 328 g/mol. The number of carbonyl (C=O) groups is 2. The molecule has 1 aromatic rings. The van der Waals surface area contributed by atoms with Crippen LogP contribution in [0.1, 0.15) is 35.2 Å². The Morgan fingerprint density at radius 2 is 1.88 bits per heavy atom. The minimum absolute atomic E-state index is 0.0472. The topological polar surface area (TPSA) is 60.9 Å². The van der Waals surface area contributed by atoms with E-state index in [1.165, 1.54) is 12.8 Å². The molecule has 128 valence electrons. The summed E-state index contributed by atoms with van der Waals surface area (Å²) in [5.41, 5.74) is 1.36. The summed E-state index contributed by atoms with van der Waals surface area (Å²) in [7, 11) is 2.15. The zero-order valence-corrected chi connectivity index (χ0v) is 14.1. The first-order valence-electron chi connectivity index (χ1n) is 8.46. The van der Waals surface area contributed by atoms with Crippen molar-refractivity contribution >= 4 is 18.0 Å². The van der Waals surface area contributed by atoms with Gasteiger partial charge >= 0.3 is 5.97 Å². The second-order valence-corrected chi connectivity index (χ2v) is 7.11. The van der Waals surface area contributed by atoms with Crippen LogP contribution in [0.15, 0.2) is 30.3 Å². The van der Waals surface area contributed by atoms with Gasteiger partial charge in [-0.2, -0.15) is 0 Å². The zero-order chi connectivity index (χ0) is 17.2. The number of likely N-dealkylation sites (tertiary alicyclic amines) is 2. The standard InChI is InChI=1S/C19H24N2O3/c1-20-12-10-19(13-20)9-2-11-21(14-19)17(22)8-5-15-3-6-16(7-4-15)18(23)24/h3-8H,2,9-14H2,1H3,(H,23,24)/b8-5+. The highest BCUT2D eigenvalue weighted by molar-refractivity contribution is 5.92. The van der Waals surface area contributed by atoms with Gasteiger partial charge in [0.25, 0.3) is 0 Å². The highest BCUT2D eigenvalue weighted by atomic mass is 16.4. The Hall–Kier alpha value is -2.14. The summed E-state index contributed by atoms with van der Waals surface area (Å²) in [6.45, 7) is 3.87. The largest absolute Gasteiger partial charge is 0.478 e. The Morgan fingerprint density at radius 3 is 2.50 bits per heavy atom. The molecule has 3 rings (SSSR count). The summed E-state index contributed by atoms with van der Waals surface area (Å²) in [4.78, 5) is 27.7. The van der Waals surface area contributed by atoms with E-state index in [9.17, 15) is 9.59 Å². The molecule has 5 heteroatoms. The van der Waals surface area contributed by atoms with Crippen LogP contribution in [0.5, 0.6) is 0 Å². The van der Waals surface area contributed by atoms with Gasteiger partial charge in [-0.15, -0.1) is 0 Å². The van der Waals surface area contributed by atoms with Crippen LogP contribution in [0.4, 0.5) is 0 Å². The second kappa shape index (κ2) is 6.77. The van der Waals surface area contributed by atoms with E-state index in [1.54, 1.807) is 36.4 Å². The maximum absolute atomic E-state index is 12.5. The van der Waals surface area contributed by atoms with Crippen LogP contribution in [0.2, 0.25) is 0 Å². The van der Waals surface area contributed by atoms with Crippen LogP contribution < -0.4 is 0 Å². The molecule has 1 amide bonds. The van der Waals surface area contributed by atoms with E-state index in [0.717, 1.165) is 38.2 Å². The van der Waals surface area contributed by atoms with E-state index in [1.807, 2.05) is 4.90 Å². The number of nitrogens with zero attached hydrogens (tertiary/aromatic N) is 2. The molecular weight excluding hydrogens is 304 g/mol. The van der Waals surface area contributed by atoms with Crippen molar-refractivity contribution in [2.24, 2.45) is 5.41 Å². The summed E-state index contributed by atoms with van der Waals surface area (Å²) >= 11 is 0. The number of carbonyl (C=O) groups excluding carboxylic acids is 1. The Bertz CT molecular complexity index is 649. The minimum Gasteiger partial charge on any atom is -0.478 e. The van der Waals surface area contributed by atoms with E-state index >= 15 is 0 Å². The minimum atomic E-state index is -0.943. The van der Waals surface area contributed by atoms with Crippen molar-refractivity contribution in [3.05, 3.63) is 41.5 Å². The number of hydrogen-bond acceptors (Lipinski definition) is 3. The van der Waals surface area contributed by atoms with E-state index in [2.05, 4.69) is 11.9 Å². The molecule has 2 fully saturated rings. The normalized spacial score (nSPS) is 24.8. The fourth-order valence-electron chi connectivity index (χ4n) is 3.90. The van der Waals surface area contributed by atoms with Crippen molar-refractivity contribution < 1.29 is 14.7 Å². The fourth-order valence-corrected chi connectivity index (χ4v) is 3.90. The number of piperidine rings is 1. The van der Waals surface area contributed by atoms with Crippen LogP contribution in [0.25, 0.3) is 6.08 Å². The van der Waals surface area contributed by atoms with Gasteiger partial charge in [-0.1, -0.05) is 12.1 Å². The predicted molar refractivity (Wildman–Crippen MR) is 92.8 cm³/mol. The molecule has 5 nitrogen and oxygen atoms in total. The number of hydrogen-bond donors (Lipinski definition) is 1. The molecule has 1 N–H and O–H groups in total. The van der Waals surface area contributed by atoms with Crippen LogP contribution >= 0.6 is 0 Å². The molecule has 0 bridgehead atoms. The van der Waals surface area contributed by atoms with Crippen molar-refractivity contribution in [3.63, 3.8) is 0 Å². The molecule has 24 heavy (non-hydrogen) atoms.